The quantitative estimate of drug-likeness (QED) is 0.425. The number of carbonyl (C=O) groups excluding carboxylic acids is 1. The molecule has 154 valence electrons. The second-order valence-corrected chi connectivity index (χ2v) is 6.88. The minimum atomic E-state index is -1.11. The number of fused-ring (bicyclic) bond motifs is 1. The highest BCUT2D eigenvalue weighted by molar-refractivity contribution is 6.01. The number of carboxylic acids is 1. The molecule has 0 saturated heterocycles. The molecule has 31 heavy (non-hydrogen) atoms. The molecule has 3 aromatic carbocycles. The van der Waals surface area contributed by atoms with E-state index in [-0.39, 0.29) is 29.3 Å². The summed E-state index contributed by atoms with van der Waals surface area (Å²) < 4.78 is 5.77. The van der Waals surface area contributed by atoms with Crippen molar-refractivity contribution in [3.8, 4) is 17.4 Å². The molecule has 4 aromatic rings. The average Bonchev–Trinajstić information content (AvgIpc) is 2.75. The van der Waals surface area contributed by atoms with E-state index >= 15 is 0 Å². The number of aromatic nitrogens is 1. The van der Waals surface area contributed by atoms with Crippen molar-refractivity contribution in [2.24, 2.45) is 0 Å². The number of aromatic carboxylic acids is 1. The van der Waals surface area contributed by atoms with Crippen LogP contribution in [0.2, 0.25) is 0 Å². The molecule has 0 saturated carbocycles. The van der Waals surface area contributed by atoms with Gasteiger partial charge in [-0.05, 0) is 52.7 Å². The third kappa shape index (κ3) is 4.79. The molecule has 1 amide bonds. The maximum atomic E-state index is 12.3. The van der Waals surface area contributed by atoms with Crippen molar-refractivity contribution in [3.63, 3.8) is 0 Å². The summed E-state index contributed by atoms with van der Waals surface area (Å²) in [5.41, 5.74) is 0.937. The third-order valence-corrected chi connectivity index (χ3v) is 4.61. The van der Waals surface area contributed by atoms with E-state index in [0.717, 1.165) is 10.8 Å². The number of rotatable bonds is 6. The number of hydrogen-bond donors (Lipinski definition) is 3. The minimum Gasteiger partial charge on any atom is -0.508 e. The first kappa shape index (κ1) is 19.9. The van der Waals surface area contributed by atoms with Gasteiger partial charge in [-0.15, -0.1) is 0 Å². The molecule has 1 aromatic heterocycles. The number of aromatic hydroxyl groups is 1. The summed E-state index contributed by atoms with van der Waals surface area (Å²) in [6.45, 7) is 0. The number of phenolic OH excluding ortho intramolecular Hbond substituents is 1. The fourth-order valence-electron chi connectivity index (χ4n) is 3.13. The van der Waals surface area contributed by atoms with Crippen LogP contribution in [0.1, 0.15) is 15.9 Å². The van der Waals surface area contributed by atoms with E-state index in [1.54, 1.807) is 54.6 Å². The van der Waals surface area contributed by atoms with E-state index < -0.39 is 5.97 Å². The number of hydrogen-bond acceptors (Lipinski definition) is 5. The summed E-state index contributed by atoms with van der Waals surface area (Å²) in [5.74, 6) is -0.277. The number of benzene rings is 3. The number of carboxylic acid groups (broad SMARTS) is 1. The van der Waals surface area contributed by atoms with Crippen molar-refractivity contribution in [1.82, 2.24) is 4.98 Å². The summed E-state index contributed by atoms with van der Waals surface area (Å²) in [5, 5.41) is 23.2. The lowest BCUT2D eigenvalue weighted by atomic mass is 10.1. The van der Waals surface area contributed by atoms with Gasteiger partial charge < -0.3 is 20.3 Å². The van der Waals surface area contributed by atoms with Crippen molar-refractivity contribution in [2.75, 3.05) is 5.32 Å². The second-order valence-electron chi connectivity index (χ2n) is 6.88. The Kier molecular flexibility index (Phi) is 5.49. The van der Waals surface area contributed by atoms with Crippen LogP contribution in [-0.4, -0.2) is 27.1 Å². The molecule has 0 spiro atoms. The molecule has 0 atom stereocenters. The van der Waals surface area contributed by atoms with E-state index in [0.29, 0.717) is 17.2 Å². The monoisotopic (exact) mass is 414 g/mol. The predicted octanol–water partition coefficient (Wildman–Crippen LogP) is 4.61. The van der Waals surface area contributed by atoms with Gasteiger partial charge in [0, 0.05) is 12.3 Å². The van der Waals surface area contributed by atoms with E-state index in [2.05, 4.69) is 10.3 Å². The lowest BCUT2D eigenvalue weighted by molar-refractivity contribution is -0.115. The third-order valence-electron chi connectivity index (χ3n) is 4.61. The maximum absolute atomic E-state index is 12.3. The molecule has 3 N–H and O–H groups in total. The molecule has 0 radical (unpaired) electrons. The first-order valence-corrected chi connectivity index (χ1v) is 9.46. The number of carbonyl (C=O) groups is 2. The van der Waals surface area contributed by atoms with E-state index in [9.17, 15) is 19.8 Å². The van der Waals surface area contributed by atoms with Gasteiger partial charge in [0.1, 0.15) is 11.5 Å². The van der Waals surface area contributed by atoms with Crippen LogP contribution < -0.4 is 10.1 Å². The van der Waals surface area contributed by atoms with Crippen LogP contribution in [0.15, 0.2) is 79.0 Å². The van der Waals surface area contributed by atoms with Gasteiger partial charge in [0.25, 0.3) is 0 Å². The SMILES string of the molecule is O=C(Cc1ccc(Oc2ccc3cc(O)ccc3c2)nc1)Nc1ccccc1C(=O)O. The van der Waals surface area contributed by atoms with Crippen molar-refractivity contribution >= 4 is 28.3 Å². The van der Waals surface area contributed by atoms with Crippen LogP contribution >= 0.6 is 0 Å². The summed E-state index contributed by atoms with van der Waals surface area (Å²) >= 11 is 0. The topological polar surface area (TPSA) is 109 Å². The Balaban J connectivity index is 1.41. The van der Waals surface area contributed by atoms with Gasteiger partial charge in [0.15, 0.2) is 0 Å². The Morgan fingerprint density at radius 3 is 2.48 bits per heavy atom. The molecule has 0 fully saturated rings. The smallest absolute Gasteiger partial charge is 0.337 e. The van der Waals surface area contributed by atoms with Gasteiger partial charge in [0.05, 0.1) is 17.7 Å². The highest BCUT2D eigenvalue weighted by Gasteiger charge is 2.12. The summed E-state index contributed by atoms with van der Waals surface area (Å²) in [7, 11) is 0. The van der Waals surface area contributed by atoms with Gasteiger partial charge in [0.2, 0.25) is 11.8 Å². The zero-order valence-electron chi connectivity index (χ0n) is 16.3. The molecule has 0 aliphatic rings. The number of pyridine rings is 1. The minimum absolute atomic E-state index is 0.0309. The lowest BCUT2D eigenvalue weighted by Crippen LogP contribution is -2.16. The standard InChI is InChI=1S/C24H18N2O5/c27-18-8-6-17-13-19(9-7-16(17)12-18)31-23-10-5-15(14-25-23)11-22(28)26-21-4-2-1-3-20(21)24(29)30/h1-10,12-14,27H,11H2,(H,26,28)(H,29,30). The predicted molar refractivity (Wildman–Crippen MR) is 116 cm³/mol. The van der Waals surface area contributed by atoms with Gasteiger partial charge in [-0.1, -0.05) is 30.3 Å². The number of anilines is 1. The normalized spacial score (nSPS) is 10.6. The fourth-order valence-corrected chi connectivity index (χ4v) is 3.13. The van der Waals surface area contributed by atoms with Gasteiger partial charge in [-0.3, -0.25) is 4.79 Å². The van der Waals surface area contributed by atoms with Crippen LogP contribution in [0.25, 0.3) is 10.8 Å². The summed E-state index contributed by atoms with van der Waals surface area (Å²) in [6, 6.07) is 20.2. The highest BCUT2D eigenvalue weighted by Crippen LogP contribution is 2.27. The molecular weight excluding hydrogens is 396 g/mol. The van der Waals surface area contributed by atoms with E-state index in [1.165, 1.54) is 12.3 Å². The molecular formula is C24H18N2O5. The molecule has 0 aliphatic heterocycles. The first-order chi connectivity index (χ1) is 15.0. The van der Waals surface area contributed by atoms with Gasteiger partial charge in [-0.2, -0.15) is 0 Å². The maximum Gasteiger partial charge on any atom is 0.337 e. The zero-order valence-corrected chi connectivity index (χ0v) is 16.3. The summed E-state index contributed by atoms with van der Waals surface area (Å²) in [6.07, 6.45) is 1.58. The number of nitrogens with zero attached hydrogens (tertiary/aromatic N) is 1. The molecule has 1 heterocycles. The van der Waals surface area contributed by atoms with E-state index in [4.69, 9.17) is 4.74 Å². The van der Waals surface area contributed by atoms with Crippen molar-refractivity contribution in [1.29, 1.82) is 0 Å². The van der Waals surface area contributed by atoms with Crippen molar-refractivity contribution in [2.45, 2.75) is 6.42 Å². The van der Waals surface area contributed by atoms with Crippen molar-refractivity contribution in [3.05, 3.63) is 90.1 Å². The number of para-hydroxylation sites is 1. The van der Waals surface area contributed by atoms with Crippen LogP contribution in [0.3, 0.4) is 0 Å². The Hall–Kier alpha value is -4.39. The molecule has 7 nitrogen and oxygen atoms in total. The Labute approximate surface area is 177 Å². The summed E-state index contributed by atoms with van der Waals surface area (Å²) in [4.78, 5) is 27.8. The second kappa shape index (κ2) is 8.54. The molecule has 0 bridgehead atoms. The van der Waals surface area contributed by atoms with Gasteiger partial charge in [-0.25, -0.2) is 9.78 Å². The lowest BCUT2D eigenvalue weighted by Gasteiger charge is -2.09. The molecule has 0 unspecified atom stereocenters. The zero-order chi connectivity index (χ0) is 21.8. The van der Waals surface area contributed by atoms with E-state index in [1.807, 2.05) is 12.1 Å². The molecule has 4 rings (SSSR count). The van der Waals surface area contributed by atoms with Crippen molar-refractivity contribution < 1.29 is 24.5 Å². The Morgan fingerprint density at radius 2 is 1.71 bits per heavy atom. The average molecular weight is 414 g/mol. The Morgan fingerprint density at radius 1 is 0.935 bits per heavy atom. The van der Waals surface area contributed by atoms with Crippen LogP contribution in [0, 0.1) is 0 Å². The van der Waals surface area contributed by atoms with Crippen LogP contribution in [0.4, 0.5) is 5.69 Å². The largest absolute Gasteiger partial charge is 0.508 e. The number of phenols is 1. The number of nitrogens with one attached hydrogen (secondary N) is 1. The van der Waals surface area contributed by atoms with Gasteiger partial charge >= 0.3 is 5.97 Å². The number of amides is 1. The molecule has 7 heteroatoms. The van der Waals surface area contributed by atoms with Crippen LogP contribution in [-0.2, 0) is 11.2 Å². The Bertz CT molecular complexity index is 1270. The highest BCUT2D eigenvalue weighted by atomic mass is 16.5. The molecule has 0 aliphatic carbocycles. The number of ether oxygens (including phenoxy) is 1. The fraction of sp³-hybridized carbons (Fsp3) is 0.0417. The first-order valence-electron chi connectivity index (χ1n) is 9.46. The van der Waals surface area contributed by atoms with Crippen LogP contribution in [0.5, 0.6) is 17.4 Å².